The molecule has 0 aliphatic rings. The molecule has 0 aliphatic heterocycles. The summed E-state index contributed by atoms with van der Waals surface area (Å²) in [4.78, 5) is 0. The van der Waals surface area contributed by atoms with Crippen molar-refractivity contribution in [3.8, 4) is 11.1 Å². The summed E-state index contributed by atoms with van der Waals surface area (Å²) in [5.74, 6) is 0. The average molecular weight is 409 g/mol. The van der Waals surface area contributed by atoms with Gasteiger partial charge in [-0.1, -0.05) is 84.9 Å². The van der Waals surface area contributed by atoms with Crippen LogP contribution in [0, 0.1) is 0 Å². The molecule has 0 aliphatic carbocycles. The highest BCUT2D eigenvalue weighted by Gasteiger charge is 2.20. The van der Waals surface area contributed by atoms with E-state index in [-0.39, 0.29) is 0 Å². The molecule has 0 bridgehead atoms. The Morgan fingerprint density at radius 2 is 1.03 bits per heavy atom. The van der Waals surface area contributed by atoms with Crippen LogP contribution in [0.1, 0.15) is 0 Å². The summed E-state index contributed by atoms with van der Waals surface area (Å²) in [6.07, 6.45) is 0. The van der Waals surface area contributed by atoms with Crippen molar-refractivity contribution in [1.29, 1.82) is 0 Å². The largest absolute Gasteiger partial charge is 0.455 e. The van der Waals surface area contributed by atoms with E-state index >= 15 is 0 Å². The van der Waals surface area contributed by atoms with Gasteiger partial charge in [0.2, 0.25) is 0 Å². The highest BCUT2D eigenvalue weighted by molar-refractivity contribution is 6.34. The van der Waals surface area contributed by atoms with E-state index in [2.05, 4.69) is 72.8 Å². The van der Waals surface area contributed by atoms with Gasteiger partial charge in [0.25, 0.3) is 0 Å². The normalized spacial score (nSPS) is 11.9. The number of furan rings is 1. The third kappa shape index (κ3) is 2.24. The fourth-order valence-corrected chi connectivity index (χ4v) is 5.22. The summed E-state index contributed by atoms with van der Waals surface area (Å²) in [5, 5.41) is 9.48. The number of anilines is 1. The second-order valence-electron chi connectivity index (χ2n) is 8.33. The first-order valence-corrected chi connectivity index (χ1v) is 10.8. The summed E-state index contributed by atoms with van der Waals surface area (Å²) in [7, 11) is 0. The molecule has 0 saturated heterocycles. The van der Waals surface area contributed by atoms with Crippen LogP contribution in [0.25, 0.3) is 65.4 Å². The number of fused-ring (bicyclic) bond motifs is 10. The van der Waals surface area contributed by atoms with Crippen molar-refractivity contribution in [1.82, 2.24) is 0 Å². The van der Waals surface area contributed by atoms with E-state index in [0.29, 0.717) is 0 Å². The average Bonchev–Trinajstić information content (AvgIpc) is 3.23. The van der Waals surface area contributed by atoms with Crippen molar-refractivity contribution >= 4 is 59.9 Å². The molecule has 2 nitrogen and oxygen atoms in total. The Balaban J connectivity index is 1.85. The first-order valence-electron chi connectivity index (χ1n) is 10.8. The van der Waals surface area contributed by atoms with Crippen LogP contribution in [0.3, 0.4) is 0 Å². The van der Waals surface area contributed by atoms with Gasteiger partial charge in [0.15, 0.2) is 0 Å². The molecule has 0 spiro atoms. The number of hydrogen-bond acceptors (Lipinski definition) is 2. The fourth-order valence-electron chi connectivity index (χ4n) is 5.22. The molecule has 1 heterocycles. The van der Waals surface area contributed by atoms with Gasteiger partial charge in [-0.25, -0.2) is 0 Å². The molecule has 0 radical (unpaired) electrons. The molecule has 2 N–H and O–H groups in total. The zero-order chi connectivity index (χ0) is 21.2. The number of nitrogen functional groups attached to an aromatic ring is 1. The summed E-state index contributed by atoms with van der Waals surface area (Å²) in [6.45, 7) is 0. The molecular weight excluding hydrogens is 390 g/mol. The Labute approximate surface area is 184 Å². The molecule has 7 aromatic rings. The number of nitrogens with two attached hydrogens (primary N) is 1. The van der Waals surface area contributed by atoms with Crippen LogP contribution >= 0.6 is 0 Å². The van der Waals surface area contributed by atoms with E-state index in [4.69, 9.17) is 10.2 Å². The van der Waals surface area contributed by atoms with Crippen LogP contribution in [0.5, 0.6) is 0 Å². The Morgan fingerprint density at radius 1 is 0.469 bits per heavy atom. The molecular formula is C30H19NO. The van der Waals surface area contributed by atoms with E-state index in [1.165, 1.54) is 26.9 Å². The maximum atomic E-state index is 6.58. The third-order valence-corrected chi connectivity index (χ3v) is 6.60. The molecule has 0 atom stereocenters. The molecule has 0 fully saturated rings. The van der Waals surface area contributed by atoms with Crippen molar-refractivity contribution in [2.45, 2.75) is 0 Å². The molecule has 0 saturated carbocycles. The first kappa shape index (κ1) is 17.4. The van der Waals surface area contributed by atoms with Gasteiger partial charge in [0.1, 0.15) is 11.2 Å². The number of para-hydroxylation sites is 2. The minimum atomic E-state index is 0.767. The maximum absolute atomic E-state index is 6.58. The lowest BCUT2D eigenvalue weighted by Gasteiger charge is -2.14. The van der Waals surface area contributed by atoms with Gasteiger partial charge in [-0.05, 0) is 50.7 Å². The molecule has 7 rings (SSSR count). The van der Waals surface area contributed by atoms with Gasteiger partial charge in [-0.3, -0.25) is 0 Å². The van der Waals surface area contributed by atoms with E-state index in [1.54, 1.807) is 0 Å². The van der Waals surface area contributed by atoms with Crippen molar-refractivity contribution in [2.75, 3.05) is 5.73 Å². The van der Waals surface area contributed by atoms with Crippen LogP contribution in [0.2, 0.25) is 0 Å². The lowest BCUT2D eigenvalue weighted by Crippen LogP contribution is -1.91. The Morgan fingerprint density at radius 3 is 1.78 bits per heavy atom. The lowest BCUT2D eigenvalue weighted by atomic mass is 9.89. The van der Waals surface area contributed by atoms with Gasteiger partial charge in [-0.2, -0.15) is 0 Å². The van der Waals surface area contributed by atoms with Gasteiger partial charge in [0, 0.05) is 27.4 Å². The summed E-state index contributed by atoms with van der Waals surface area (Å²) in [6, 6.07) is 35.9. The quantitative estimate of drug-likeness (QED) is 0.219. The van der Waals surface area contributed by atoms with Gasteiger partial charge in [-0.15, -0.1) is 0 Å². The van der Waals surface area contributed by atoms with E-state index < -0.39 is 0 Å². The summed E-state index contributed by atoms with van der Waals surface area (Å²) in [5.41, 5.74) is 11.2. The molecule has 1 aromatic heterocycles. The van der Waals surface area contributed by atoms with Crippen molar-refractivity contribution in [2.24, 2.45) is 0 Å². The van der Waals surface area contributed by atoms with Gasteiger partial charge in [0.05, 0.1) is 0 Å². The highest BCUT2D eigenvalue weighted by Crippen LogP contribution is 2.46. The maximum Gasteiger partial charge on any atom is 0.144 e. The predicted octanol–water partition coefficient (Wildman–Crippen LogP) is 8.29. The Kier molecular flexibility index (Phi) is 3.45. The SMILES string of the molecule is Nc1ccccc1-c1cc2c3ccccc3c3ccccc3c2c2oc3ccccc3c12. The zero-order valence-corrected chi connectivity index (χ0v) is 17.3. The molecule has 0 amide bonds. The van der Waals surface area contributed by atoms with E-state index in [9.17, 15) is 0 Å². The van der Waals surface area contributed by atoms with Crippen LogP contribution in [0.15, 0.2) is 108 Å². The van der Waals surface area contributed by atoms with E-state index in [0.717, 1.165) is 44.1 Å². The minimum absolute atomic E-state index is 0.767. The van der Waals surface area contributed by atoms with Crippen LogP contribution in [-0.4, -0.2) is 0 Å². The topological polar surface area (TPSA) is 39.2 Å². The van der Waals surface area contributed by atoms with Crippen LogP contribution in [0.4, 0.5) is 5.69 Å². The molecule has 32 heavy (non-hydrogen) atoms. The summed E-state index contributed by atoms with van der Waals surface area (Å²) < 4.78 is 6.58. The lowest BCUT2D eigenvalue weighted by molar-refractivity contribution is 0.673. The second kappa shape index (κ2) is 6.35. The molecule has 2 heteroatoms. The zero-order valence-electron chi connectivity index (χ0n) is 17.3. The minimum Gasteiger partial charge on any atom is -0.455 e. The van der Waals surface area contributed by atoms with Crippen LogP contribution < -0.4 is 5.73 Å². The monoisotopic (exact) mass is 409 g/mol. The van der Waals surface area contributed by atoms with Crippen molar-refractivity contribution in [3.63, 3.8) is 0 Å². The van der Waals surface area contributed by atoms with Crippen molar-refractivity contribution in [3.05, 3.63) is 103 Å². The fraction of sp³-hybridized carbons (Fsp3) is 0. The van der Waals surface area contributed by atoms with Crippen molar-refractivity contribution < 1.29 is 4.42 Å². The van der Waals surface area contributed by atoms with E-state index in [1.807, 2.05) is 30.3 Å². The standard InChI is InChI=1S/C30H19NO/c31-26-15-7-5-12-21(26)25-17-24-20-11-2-1-9-18(20)19-10-3-4-13-22(19)28(24)30-29(25)23-14-6-8-16-27(23)32-30/h1-17H,31H2. The summed E-state index contributed by atoms with van der Waals surface area (Å²) >= 11 is 0. The Hall–Kier alpha value is -4.30. The molecule has 150 valence electrons. The number of rotatable bonds is 1. The number of benzene rings is 6. The third-order valence-electron chi connectivity index (χ3n) is 6.60. The Bertz CT molecular complexity index is 1840. The second-order valence-corrected chi connectivity index (χ2v) is 8.33. The molecule has 6 aromatic carbocycles. The van der Waals surface area contributed by atoms with Crippen LogP contribution in [-0.2, 0) is 0 Å². The molecule has 0 unspecified atom stereocenters. The predicted molar refractivity (Wildman–Crippen MR) is 136 cm³/mol. The smallest absolute Gasteiger partial charge is 0.144 e. The first-order chi connectivity index (χ1) is 15.8. The van der Waals surface area contributed by atoms with Gasteiger partial charge >= 0.3 is 0 Å². The number of hydrogen-bond donors (Lipinski definition) is 1. The van der Waals surface area contributed by atoms with Gasteiger partial charge < -0.3 is 10.2 Å². The highest BCUT2D eigenvalue weighted by atomic mass is 16.3.